The molecule has 1 amide bonds. The lowest BCUT2D eigenvalue weighted by Crippen LogP contribution is -2.66. The second-order valence-electron chi connectivity index (χ2n) is 6.53. The molecule has 0 unspecified atom stereocenters. The second-order valence-corrected chi connectivity index (χ2v) is 6.97. The van der Waals surface area contributed by atoms with Gasteiger partial charge in [0, 0.05) is 18.1 Å². The number of hydrogen-bond donors (Lipinski definition) is 0. The first-order chi connectivity index (χ1) is 9.88. The molecule has 1 spiro atoms. The van der Waals surface area contributed by atoms with Crippen molar-refractivity contribution in [2.75, 3.05) is 26.3 Å². The number of likely N-dealkylation sites (tertiary alicyclic amines) is 1. The average Bonchev–Trinajstić information content (AvgIpc) is 2.39. The van der Waals surface area contributed by atoms with E-state index in [-0.39, 0.29) is 11.3 Å². The SMILES string of the molecule is CC1(C)OCC2(CO1)CN(C(=O)Cc1ccc(Cl)cc1)C2. The highest BCUT2D eigenvalue weighted by Crippen LogP contribution is 2.37. The van der Waals surface area contributed by atoms with E-state index in [2.05, 4.69) is 0 Å². The first-order valence-electron chi connectivity index (χ1n) is 7.18. The quantitative estimate of drug-likeness (QED) is 0.842. The minimum Gasteiger partial charge on any atom is -0.350 e. The summed E-state index contributed by atoms with van der Waals surface area (Å²) < 4.78 is 11.4. The second kappa shape index (κ2) is 5.27. The molecule has 114 valence electrons. The van der Waals surface area contributed by atoms with E-state index in [4.69, 9.17) is 21.1 Å². The molecule has 4 nitrogen and oxygen atoms in total. The van der Waals surface area contributed by atoms with Gasteiger partial charge in [-0.05, 0) is 31.5 Å². The maximum atomic E-state index is 12.2. The van der Waals surface area contributed by atoms with Crippen LogP contribution in [0.5, 0.6) is 0 Å². The standard InChI is InChI=1S/C16H20ClNO3/c1-15(2)20-10-16(11-21-15)8-18(9-16)14(19)7-12-3-5-13(17)6-4-12/h3-6H,7-11H2,1-2H3. The number of benzene rings is 1. The third kappa shape index (κ3) is 3.23. The van der Waals surface area contributed by atoms with Crippen LogP contribution in [0.25, 0.3) is 0 Å². The van der Waals surface area contributed by atoms with Crippen molar-refractivity contribution in [1.82, 2.24) is 4.90 Å². The number of amides is 1. The summed E-state index contributed by atoms with van der Waals surface area (Å²) in [6, 6.07) is 7.41. The maximum Gasteiger partial charge on any atom is 0.227 e. The topological polar surface area (TPSA) is 38.8 Å². The van der Waals surface area contributed by atoms with E-state index in [9.17, 15) is 4.79 Å². The van der Waals surface area contributed by atoms with Gasteiger partial charge in [-0.2, -0.15) is 0 Å². The summed E-state index contributed by atoms with van der Waals surface area (Å²) in [5.41, 5.74) is 0.980. The first-order valence-corrected chi connectivity index (χ1v) is 7.56. The molecule has 2 aliphatic heterocycles. The van der Waals surface area contributed by atoms with Gasteiger partial charge in [0.15, 0.2) is 5.79 Å². The van der Waals surface area contributed by atoms with Gasteiger partial charge in [-0.25, -0.2) is 0 Å². The summed E-state index contributed by atoms with van der Waals surface area (Å²) >= 11 is 5.85. The molecule has 3 rings (SSSR count). The maximum absolute atomic E-state index is 12.2. The van der Waals surface area contributed by atoms with Gasteiger partial charge in [0.2, 0.25) is 5.91 Å². The van der Waals surface area contributed by atoms with Crippen molar-refractivity contribution in [1.29, 1.82) is 0 Å². The van der Waals surface area contributed by atoms with Gasteiger partial charge in [-0.3, -0.25) is 4.79 Å². The zero-order valence-corrected chi connectivity index (χ0v) is 13.2. The van der Waals surface area contributed by atoms with Crippen molar-refractivity contribution in [3.63, 3.8) is 0 Å². The van der Waals surface area contributed by atoms with E-state index in [1.165, 1.54) is 0 Å². The summed E-state index contributed by atoms with van der Waals surface area (Å²) in [7, 11) is 0. The molecule has 1 aromatic rings. The van der Waals surface area contributed by atoms with Crippen LogP contribution in [0.1, 0.15) is 19.4 Å². The normalized spacial score (nSPS) is 22.9. The van der Waals surface area contributed by atoms with Crippen LogP contribution in [0.2, 0.25) is 5.02 Å². The number of ether oxygens (including phenoxy) is 2. The average molecular weight is 310 g/mol. The highest BCUT2D eigenvalue weighted by molar-refractivity contribution is 6.30. The van der Waals surface area contributed by atoms with Crippen LogP contribution in [0.4, 0.5) is 0 Å². The summed E-state index contributed by atoms with van der Waals surface area (Å²) in [6.45, 7) is 6.59. The molecule has 2 saturated heterocycles. The fourth-order valence-corrected chi connectivity index (χ4v) is 2.87. The Morgan fingerprint density at radius 2 is 1.76 bits per heavy atom. The van der Waals surface area contributed by atoms with E-state index < -0.39 is 5.79 Å². The molecule has 5 heteroatoms. The Morgan fingerprint density at radius 3 is 2.33 bits per heavy atom. The van der Waals surface area contributed by atoms with Crippen LogP contribution in [-0.2, 0) is 20.7 Å². The minimum absolute atomic E-state index is 0.00875. The number of hydrogen-bond acceptors (Lipinski definition) is 3. The molecule has 0 saturated carbocycles. The molecular weight excluding hydrogens is 290 g/mol. The molecule has 0 aromatic heterocycles. The van der Waals surface area contributed by atoms with E-state index >= 15 is 0 Å². The lowest BCUT2D eigenvalue weighted by molar-refractivity contribution is -0.302. The fraction of sp³-hybridized carbons (Fsp3) is 0.562. The molecule has 1 aromatic carbocycles. The highest BCUT2D eigenvalue weighted by atomic mass is 35.5. The van der Waals surface area contributed by atoms with Crippen molar-refractivity contribution in [2.45, 2.75) is 26.1 Å². The zero-order chi connectivity index (χ0) is 15.1. The summed E-state index contributed by atoms with van der Waals surface area (Å²) in [5.74, 6) is -0.355. The van der Waals surface area contributed by atoms with Crippen LogP contribution in [0, 0.1) is 5.41 Å². The summed E-state index contributed by atoms with van der Waals surface area (Å²) in [5, 5.41) is 0.688. The van der Waals surface area contributed by atoms with Gasteiger partial charge < -0.3 is 14.4 Å². The van der Waals surface area contributed by atoms with Gasteiger partial charge in [-0.1, -0.05) is 23.7 Å². The van der Waals surface area contributed by atoms with Crippen LogP contribution >= 0.6 is 11.6 Å². The Hall–Kier alpha value is -1.10. The molecule has 0 aliphatic carbocycles. The van der Waals surface area contributed by atoms with Gasteiger partial charge >= 0.3 is 0 Å². The Labute approximate surface area is 130 Å². The molecule has 0 bridgehead atoms. The van der Waals surface area contributed by atoms with Crippen LogP contribution in [0.3, 0.4) is 0 Å². The summed E-state index contributed by atoms with van der Waals surface area (Å²) in [4.78, 5) is 14.1. The molecule has 2 aliphatic rings. The third-order valence-electron chi connectivity index (χ3n) is 4.13. The van der Waals surface area contributed by atoms with E-state index in [1.807, 2.05) is 43.0 Å². The molecular formula is C16H20ClNO3. The van der Waals surface area contributed by atoms with Gasteiger partial charge in [0.1, 0.15) is 0 Å². The smallest absolute Gasteiger partial charge is 0.227 e. The van der Waals surface area contributed by atoms with E-state index in [1.54, 1.807) is 0 Å². The van der Waals surface area contributed by atoms with Crippen molar-refractivity contribution >= 4 is 17.5 Å². The fourth-order valence-electron chi connectivity index (χ4n) is 2.75. The lowest BCUT2D eigenvalue weighted by Gasteiger charge is -2.54. The lowest BCUT2D eigenvalue weighted by atomic mass is 9.80. The largest absolute Gasteiger partial charge is 0.350 e. The van der Waals surface area contributed by atoms with Gasteiger partial charge in [0.05, 0.1) is 25.0 Å². The van der Waals surface area contributed by atoms with E-state index in [0.717, 1.165) is 18.7 Å². The Morgan fingerprint density at radius 1 is 1.19 bits per heavy atom. The van der Waals surface area contributed by atoms with Crippen molar-refractivity contribution in [3.05, 3.63) is 34.9 Å². The molecule has 21 heavy (non-hydrogen) atoms. The highest BCUT2D eigenvalue weighted by Gasteiger charge is 2.49. The van der Waals surface area contributed by atoms with Crippen molar-refractivity contribution < 1.29 is 14.3 Å². The zero-order valence-electron chi connectivity index (χ0n) is 12.4. The number of nitrogens with zero attached hydrogens (tertiary/aromatic N) is 1. The van der Waals surface area contributed by atoms with Crippen LogP contribution in [-0.4, -0.2) is 42.9 Å². The number of rotatable bonds is 2. The Kier molecular flexibility index (Phi) is 3.72. The number of carbonyl (C=O) groups excluding carboxylic acids is 1. The predicted molar refractivity (Wildman–Crippen MR) is 80.2 cm³/mol. The minimum atomic E-state index is -0.501. The van der Waals surface area contributed by atoms with Crippen molar-refractivity contribution in [2.24, 2.45) is 5.41 Å². The van der Waals surface area contributed by atoms with Crippen LogP contribution in [0.15, 0.2) is 24.3 Å². The first kappa shape index (κ1) is 14.8. The van der Waals surface area contributed by atoms with E-state index in [0.29, 0.717) is 24.7 Å². The van der Waals surface area contributed by atoms with Crippen molar-refractivity contribution in [3.8, 4) is 0 Å². The molecule has 0 N–H and O–H groups in total. The number of halogens is 1. The molecule has 0 radical (unpaired) electrons. The Balaban J connectivity index is 1.52. The number of carbonyl (C=O) groups is 1. The third-order valence-corrected chi connectivity index (χ3v) is 4.38. The monoisotopic (exact) mass is 309 g/mol. The Bertz CT molecular complexity index is 523. The predicted octanol–water partition coefficient (Wildman–Crippen LogP) is 2.49. The molecule has 0 atom stereocenters. The van der Waals surface area contributed by atoms with Crippen LogP contribution < -0.4 is 0 Å². The van der Waals surface area contributed by atoms with Gasteiger partial charge in [-0.15, -0.1) is 0 Å². The molecule has 2 fully saturated rings. The molecule has 2 heterocycles. The van der Waals surface area contributed by atoms with Gasteiger partial charge in [0.25, 0.3) is 0 Å². The summed E-state index contributed by atoms with van der Waals surface area (Å²) in [6.07, 6.45) is 0.417.